The van der Waals surface area contributed by atoms with Crippen LogP contribution < -0.4 is 20.9 Å². The number of hydrogen-bond acceptors (Lipinski definition) is 7. The van der Waals surface area contributed by atoms with Gasteiger partial charge >= 0.3 is 0 Å². The van der Waals surface area contributed by atoms with Crippen LogP contribution >= 0.6 is 0 Å². The summed E-state index contributed by atoms with van der Waals surface area (Å²) in [6.45, 7) is 8.95. The van der Waals surface area contributed by atoms with Gasteiger partial charge in [0.25, 0.3) is 5.91 Å². The monoisotopic (exact) mass is 420 g/mol. The number of nitrogens with one attached hydrogen (secondary N) is 3. The normalized spacial score (nSPS) is 19.7. The van der Waals surface area contributed by atoms with Gasteiger partial charge in [0.2, 0.25) is 5.95 Å². The number of amides is 1. The molecule has 9 heteroatoms. The average molecular weight is 421 g/mol. The lowest BCUT2D eigenvalue weighted by molar-refractivity contribution is 0.0904. The number of aromatic nitrogens is 4. The summed E-state index contributed by atoms with van der Waals surface area (Å²) in [5, 5.41) is 10.5. The highest BCUT2D eigenvalue weighted by atomic mass is 16.2. The molecule has 0 bridgehead atoms. The van der Waals surface area contributed by atoms with Gasteiger partial charge in [0.05, 0.1) is 17.9 Å². The lowest BCUT2D eigenvalue weighted by Crippen LogP contribution is -2.43. The van der Waals surface area contributed by atoms with Crippen molar-refractivity contribution in [3.8, 4) is 0 Å². The van der Waals surface area contributed by atoms with Crippen molar-refractivity contribution in [1.82, 2.24) is 30.2 Å². The van der Waals surface area contributed by atoms with Crippen molar-refractivity contribution in [2.45, 2.75) is 26.3 Å². The maximum atomic E-state index is 12.4. The summed E-state index contributed by atoms with van der Waals surface area (Å²) in [5.41, 5.74) is 2.55. The van der Waals surface area contributed by atoms with Gasteiger partial charge in [-0.15, -0.1) is 0 Å². The van der Waals surface area contributed by atoms with Crippen LogP contribution in [-0.4, -0.2) is 58.1 Å². The quantitative estimate of drug-likeness (QED) is 0.582. The molecule has 1 amide bonds. The Hall–Kier alpha value is -3.20. The maximum absolute atomic E-state index is 12.4. The van der Waals surface area contributed by atoms with Crippen molar-refractivity contribution in [3.63, 3.8) is 0 Å². The van der Waals surface area contributed by atoms with Crippen molar-refractivity contribution < 1.29 is 4.79 Å². The summed E-state index contributed by atoms with van der Waals surface area (Å²) in [6, 6.07) is 6.08. The molecule has 9 nitrogen and oxygen atoms in total. The molecule has 5 heterocycles. The molecule has 0 aromatic carbocycles. The number of carbonyl (C=O) groups excluding carboxylic acids is 1. The van der Waals surface area contributed by atoms with Crippen LogP contribution in [0.1, 0.15) is 36.8 Å². The molecule has 1 fully saturated rings. The number of carbonyl (C=O) groups is 1. The first-order valence-corrected chi connectivity index (χ1v) is 11.0. The van der Waals surface area contributed by atoms with Gasteiger partial charge in [0.1, 0.15) is 17.2 Å². The van der Waals surface area contributed by atoms with E-state index in [4.69, 9.17) is 4.98 Å². The van der Waals surface area contributed by atoms with Crippen LogP contribution in [0, 0.1) is 5.92 Å². The summed E-state index contributed by atoms with van der Waals surface area (Å²) < 4.78 is 2.08. The number of anilines is 3. The Bertz CT molecular complexity index is 1090. The molecular weight excluding hydrogens is 392 g/mol. The Labute approximate surface area is 181 Å². The van der Waals surface area contributed by atoms with Crippen molar-refractivity contribution in [2.24, 2.45) is 5.92 Å². The predicted octanol–water partition coefficient (Wildman–Crippen LogP) is 2.31. The second kappa shape index (κ2) is 8.14. The number of piperazine rings is 1. The second-order valence-corrected chi connectivity index (χ2v) is 8.30. The van der Waals surface area contributed by atoms with Gasteiger partial charge in [-0.2, -0.15) is 4.98 Å². The minimum absolute atomic E-state index is 0.0581. The zero-order valence-electron chi connectivity index (χ0n) is 17.9. The van der Waals surface area contributed by atoms with Crippen molar-refractivity contribution in [2.75, 3.05) is 42.9 Å². The molecule has 31 heavy (non-hydrogen) atoms. The maximum Gasteiger partial charge on any atom is 0.268 e. The fraction of sp³-hybridized carbons (Fsp3) is 0.455. The number of nitrogens with zero attached hydrogens (tertiary/aromatic N) is 5. The van der Waals surface area contributed by atoms with E-state index >= 15 is 0 Å². The molecule has 3 aromatic heterocycles. The Morgan fingerprint density at radius 2 is 2.06 bits per heavy atom. The molecule has 1 unspecified atom stereocenters. The first-order valence-electron chi connectivity index (χ1n) is 11.0. The van der Waals surface area contributed by atoms with Crippen LogP contribution in [0.25, 0.3) is 11.0 Å². The van der Waals surface area contributed by atoms with E-state index in [-0.39, 0.29) is 11.9 Å². The number of pyridine rings is 1. The third kappa shape index (κ3) is 3.69. The molecule has 0 aliphatic carbocycles. The van der Waals surface area contributed by atoms with E-state index in [1.165, 1.54) is 0 Å². The van der Waals surface area contributed by atoms with Gasteiger partial charge in [-0.25, -0.2) is 9.97 Å². The zero-order chi connectivity index (χ0) is 21.4. The first-order chi connectivity index (χ1) is 15.1. The highest BCUT2D eigenvalue weighted by Gasteiger charge is 2.30. The van der Waals surface area contributed by atoms with Crippen LogP contribution in [0.3, 0.4) is 0 Å². The Kier molecular flexibility index (Phi) is 5.19. The molecule has 0 spiro atoms. The average Bonchev–Trinajstić information content (AvgIpc) is 3.20. The molecule has 0 saturated carbocycles. The molecule has 0 radical (unpaired) electrons. The second-order valence-electron chi connectivity index (χ2n) is 8.30. The molecule has 3 N–H and O–H groups in total. The van der Waals surface area contributed by atoms with E-state index in [0.717, 1.165) is 49.3 Å². The number of fused-ring (bicyclic) bond motifs is 3. The van der Waals surface area contributed by atoms with Crippen LogP contribution in [0.15, 0.2) is 30.6 Å². The fourth-order valence-electron chi connectivity index (χ4n) is 4.37. The molecule has 2 atom stereocenters. The largest absolute Gasteiger partial charge is 0.368 e. The van der Waals surface area contributed by atoms with Crippen LogP contribution in [-0.2, 0) is 0 Å². The third-order valence-electron chi connectivity index (χ3n) is 6.38. The van der Waals surface area contributed by atoms with Gasteiger partial charge in [0, 0.05) is 44.3 Å². The van der Waals surface area contributed by atoms with Gasteiger partial charge in [-0.3, -0.25) is 4.79 Å². The van der Waals surface area contributed by atoms with Crippen LogP contribution in [0.4, 0.5) is 17.5 Å². The Morgan fingerprint density at radius 1 is 1.23 bits per heavy atom. The molecule has 1 saturated heterocycles. The first kappa shape index (κ1) is 19.7. The zero-order valence-corrected chi connectivity index (χ0v) is 17.9. The van der Waals surface area contributed by atoms with Gasteiger partial charge in [-0.1, -0.05) is 20.3 Å². The summed E-state index contributed by atoms with van der Waals surface area (Å²) in [4.78, 5) is 28.5. The number of rotatable bonds is 5. The summed E-state index contributed by atoms with van der Waals surface area (Å²) >= 11 is 0. The lowest BCUT2D eigenvalue weighted by Gasteiger charge is -2.31. The summed E-state index contributed by atoms with van der Waals surface area (Å²) in [5.74, 6) is 1.53. The Balaban J connectivity index is 1.43. The van der Waals surface area contributed by atoms with Gasteiger partial charge in [0.15, 0.2) is 0 Å². The van der Waals surface area contributed by atoms with Crippen molar-refractivity contribution >= 4 is 34.4 Å². The van der Waals surface area contributed by atoms with E-state index in [0.29, 0.717) is 29.9 Å². The van der Waals surface area contributed by atoms with Crippen LogP contribution in [0.5, 0.6) is 0 Å². The highest BCUT2D eigenvalue weighted by Crippen LogP contribution is 2.31. The van der Waals surface area contributed by atoms with E-state index in [9.17, 15) is 4.79 Å². The van der Waals surface area contributed by atoms with E-state index < -0.39 is 0 Å². The minimum atomic E-state index is -0.0581. The van der Waals surface area contributed by atoms with Crippen molar-refractivity contribution in [3.05, 3.63) is 36.3 Å². The molecular formula is C22H28N8O. The van der Waals surface area contributed by atoms with Crippen molar-refractivity contribution in [1.29, 1.82) is 0 Å². The minimum Gasteiger partial charge on any atom is -0.368 e. The molecule has 162 valence electrons. The Morgan fingerprint density at radius 3 is 2.81 bits per heavy atom. The highest BCUT2D eigenvalue weighted by molar-refractivity contribution is 5.98. The fourth-order valence-corrected chi connectivity index (χ4v) is 4.37. The van der Waals surface area contributed by atoms with Gasteiger partial charge < -0.3 is 25.4 Å². The molecule has 2 aliphatic rings. The SMILES string of the molecule is CCC(C)[C@@H]1CNC(=O)c2cc3cnc(Nc4ccc(N5CCNCC5)cn4)nc3n21. The standard InChI is InChI=1S/C22H28N8O/c1-3-14(2)18-13-25-21(31)17-10-15-11-26-22(28-20(15)30(17)18)27-19-5-4-16(12-24-19)29-8-6-23-7-9-29/h4-5,10-12,14,18,23H,3,6-9,13H2,1-2H3,(H,25,31)(H,24,26,27,28)/t14?,18-/m0/s1. The summed E-state index contributed by atoms with van der Waals surface area (Å²) in [7, 11) is 0. The van der Waals surface area contributed by atoms with E-state index in [1.807, 2.05) is 18.3 Å². The third-order valence-corrected chi connectivity index (χ3v) is 6.38. The lowest BCUT2D eigenvalue weighted by atomic mass is 9.97. The summed E-state index contributed by atoms with van der Waals surface area (Å²) in [6.07, 6.45) is 4.68. The number of hydrogen-bond donors (Lipinski definition) is 3. The predicted molar refractivity (Wildman–Crippen MR) is 121 cm³/mol. The van der Waals surface area contributed by atoms with E-state index in [1.54, 1.807) is 6.20 Å². The molecule has 5 rings (SSSR count). The smallest absolute Gasteiger partial charge is 0.268 e. The van der Waals surface area contributed by atoms with Gasteiger partial charge in [-0.05, 0) is 24.1 Å². The van der Waals surface area contributed by atoms with Crippen LogP contribution in [0.2, 0.25) is 0 Å². The topological polar surface area (TPSA) is 100 Å². The van der Waals surface area contributed by atoms with E-state index in [2.05, 4.69) is 55.3 Å². The molecule has 2 aliphatic heterocycles. The molecule has 3 aromatic rings.